The van der Waals surface area contributed by atoms with E-state index in [0.29, 0.717) is 12.2 Å². The predicted octanol–water partition coefficient (Wildman–Crippen LogP) is 1.19. The SMILES string of the molecule is CCC(O)C(C)Nc1cncc(F)n1. The average molecular weight is 199 g/mol. The van der Waals surface area contributed by atoms with Gasteiger partial charge in [-0.15, -0.1) is 0 Å². The fraction of sp³-hybridized carbons (Fsp3) is 0.556. The topological polar surface area (TPSA) is 58.0 Å². The van der Waals surface area contributed by atoms with Gasteiger partial charge < -0.3 is 10.4 Å². The third-order valence-corrected chi connectivity index (χ3v) is 1.98. The average Bonchev–Trinajstić information content (AvgIpc) is 2.16. The number of aliphatic hydroxyl groups is 1. The highest BCUT2D eigenvalue weighted by Crippen LogP contribution is 2.07. The highest BCUT2D eigenvalue weighted by atomic mass is 19.1. The minimum Gasteiger partial charge on any atom is -0.391 e. The Bertz CT molecular complexity index is 295. The molecular formula is C9H14FN3O. The molecule has 0 amide bonds. The molecule has 4 nitrogen and oxygen atoms in total. The number of halogens is 1. The number of nitrogens with zero attached hydrogens (tertiary/aromatic N) is 2. The Balaban J connectivity index is 2.60. The molecule has 0 saturated heterocycles. The first-order valence-electron chi connectivity index (χ1n) is 4.55. The maximum atomic E-state index is 12.6. The van der Waals surface area contributed by atoms with E-state index in [1.165, 1.54) is 6.20 Å². The largest absolute Gasteiger partial charge is 0.391 e. The molecule has 0 aliphatic rings. The van der Waals surface area contributed by atoms with E-state index < -0.39 is 12.1 Å². The van der Waals surface area contributed by atoms with Crippen molar-refractivity contribution in [2.24, 2.45) is 0 Å². The minimum atomic E-state index is -0.631. The molecule has 0 aromatic carbocycles. The summed E-state index contributed by atoms with van der Waals surface area (Å²) in [4.78, 5) is 7.22. The van der Waals surface area contributed by atoms with Crippen LogP contribution in [0, 0.1) is 5.95 Å². The molecule has 5 heteroatoms. The fourth-order valence-corrected chi connectivity index (χ4v) is 1.09. The van der Waals surface area contributed by atoms with Crippen LogP contribution in [0.15, 0.2) is 12.4 Å². The molecule has 0 fully saturated rings. The summed E-state index contributed by atoms with van der Waals surface area (Å²) in [5, 5.41) is 12.3. The van der Waals surface area contributed by atoms with Crippen LogP contribution in [0.2, 0.25) is 0 Å². The molecule has 2 atom stereocenters. The van der Waals surface area contributed by atoms with E-state index in [9.17, 15) is 9.50 Å². The van der Waals surface area contributed by atoms with Crippen LogP contribution in [0.4, 0.5) is 10.2 Å². The Morgan fingerprint density at radius 2 is 2.29 bits per heavy atom. The van der Waals surface area contributed by atoms with Crippen molar-refractivity contribution < 1.29 is 9.50 Å². The highest BCUT2D eigenvalue weighted by Gasteiger charge is 2.12. The monoisotopic (exact) mass is 199 g/mol. The summed E-state index contributed by atoms with van der Waals surface area (Å²) in [7, 11) is 0. The van der Waals surface area contributed by atoms with Crippen LogP contribution in [-0.4, -0.2) is 27.2 Å². The van der Waals surface area contributed by atoms with Crippen molar-refractivity contribution in [2.75, 3.05) is 5.32 Å². The molecule has 1 aromatic heterocycles. The van der Waals surface area contributed by atoms with Gasteiger partial charge in [0.1, 0.15) is 5.82 Å². The molecule has 0 saturated carbocycles. The van der Waals surface area contributed by atoms with Crippen LogP contribution in [-0.2, 0) is 0 Å². The zero-order chi connectivity index (χ0) is 10.6. The smallest absolute Gasteiger partial charge is 0.233 e. The van der Waals surface area contributed by atoms with Crippen LogP contribution in [0.5, 0.6) is 0 Å². The van der Waals surface area contributed by atoms with E-state index in [4.69, 9.17) is 0 Å². The Morgan fingerprint density at radius 1 is 1.57 bits per heavy atom. The van der Waals surface area contributed by atoms with Crippen molar-refractivity contribution in [3.05, 3.63) is 18.3 Å². The lowest BCUT2D eigenvalue weighted by Gasteiger charge is -2.18. The predicted molar refractivity (Wildman–Crippen MR) is 51.4 cm³/mol. The molecule has 0 radical (unpaired) electrons. The molecule has 78 valence electrons. The summed E-state index contributed by atoms with van der Waals surface area (Å²) in [6.07, 6.45) is 2.62. The molecule has 0 aliphatic carbocycles. The van der Waals surface area contributed by atoms with E-state index in [1.807, 2.05) is 6.92 Å². The Morgan fingerprint density at radius 3 is 2.86 bits per heavy atom. The lowest BCUT2D eigenvalue weighted by Crippen LogP contribution is -2.30. The number of anilines is 1. The molecule has 0 aliphatic heterocycles. The van der Waals surface area contributed by atoms with Crippen molar-refractivity contribution in [1.29, 1.82) is 0 Å². The number of aromatic nitrogens is 2. The summed E-state index contributed by atoms with van der Waals surface area (Å²) >= 11 is 0. The van der Waals surface area contributed by atoms with Gasteiger partial charge in [0, 0.05) is 0 Å². The van der Waals surface area contributed by atoms with Crippen molar-refractivity contribution >= 4 is 5.82 Å². The second kappa shape index (κ2) is 4.85. The quantitative estimate of drug-likeness (QED) is 0.764. The van der Waals surface area contributed by atoms with Crippen molar-refractivity contribution in [3.8, 4) is 0 Å². The first-order valence-corrected chi connectivity index (χ1v) is 4.55. The molecule has 0 bridgehead atoms. The summed E-state index contributed by atoms with van der Waals surface area (Å²) in [5.74, 6) is -0.293. The van der Waals surface area contributed by atoms with Gasteiger partial charge in [0.25, 0.3) is 0 Å². The van der Waals surface area contributed by atoms with Gasteiger partial charge in [-0.3, -0.25) is 4.98 Å². The Hall–Kier alpha value is -1.23. The van der Waals surface area contributed by atoms with Gasteiger partial charge in [0.15, 0.2) is 0 Å². The number of nitrogens with one attached hydrogen (secondary N) is 1. The van der Waals surface area contributed by atoms with Crippen LogP contribution >= 0.6 is 0 Å². The molecule has 1 heterocycles. The lowest BCUT2D eigenvalue weighted by atomic mass is 10.1. The first-order chi connectivity index (χ1) is 6.63. The van der Waals surface area contributed by atoms with E-state index in [0.717, 1.165) is 6.20 Å². The summed E-state index contributed by atoms with van der Waals surface area (Å²) < 4.78 is 12.6. The second-order valence-corrected chi connectivity index (χ2v) is 3.14. The van der Waals surface area contributed by atoms with E-state index >= 15 is 0 Å². The second-order valence-electron chi connectivity index (χ2n) is 3.14. The van der Waals surface area contributed by atoms with Gasteiger partial charge in [0.2, 0.25) is 5.95 Å². The first kappa shape index (κ1) is 10.8. The van der Waals surface area contributed by atoms with E-state index in [1.54, 1.807) is 6.92 Å². The Kier molecular flexibility index (Phi) is 3.76. The van der Waals surface area contributed by atoms with Gasteiger partial charge in [0.05, 0.1) is 24.5 Å². The highest BCUT2D eigenvalue weighted by molar-refractivity contribution is 5.31. The van der Waals surface area contributed by atoms with Gasteiger partial charge in [-0.05, 0) is 13.3 Å². The van der Waals surface area contributed by atoms with Gasteiger partial charge in [-0.25, -0.2) is 0 Å². The fourth-order valence-electron chi connectivity index (χ4n) is 1.09. The summed E-state index contributed by atoms with van der Waals surface area (Å²) in [5.41, 5.74) is 0. The van der Waals surface area contributed by atoms with Gasteiger partial charge in [-0.1, -0.05) is 6.92 Å². The number of hydrogen-bond donors (Lipinski definition) is 2. The van der Waals surface area contributed by atoms with Crippen LogP contribution < -0.4 is 5.32 Å². The van der Waals surface area contributed by atoms with Crippen LogP contribution in [0.1, 0.15) is 20.3 Å². The third kappa shape index (κ3) is 2.92. The summed E-state index contributed by atoms with van der Waals surface area (Å²) in [6.45, 7) is 3.68. The molecular weight excluding hydrogens is 185 g/mol. The maximum Gasteiger partial charge on any atom is 0.233 e. The van der Waals surface area contributed by atoms with E-state index in [-0.39, 0.29) is 6.04 Å². The third-order valence-electron chi connectivity index (χ3n) is 1.98. The molecule has 14 heavy (non-hydrogen) atoms. The number of aliphatic hydroxyl groups excluding tert-OH is 1. The van der Waals surface area contributed by atoms with Crippen LogP contribution in [0.25, 0.3) is 0 Å². The zero-order valence-corrected chi connectivity index (χ0v) is 8.24. The molecule has 1 rings (SSSR count). The molecule has 2 unspecified atom stereocenters. The minimum absolute atomic E-state index is 0.170. The molecule has 0 spiro atoms. The summed E-state index contributed by atoms with van der Waals surface area (Å²) in [6, 6.07) is -0.170. The van der Waals surface area contributed by atoms with Gasteiger partial charge >= 0.3 is 0 Å². The standard InChI is InChI=1S/C9H14FN3O/c1-3-7(14)6(2)12-9-5-11-4-8(10)13-9/h4-7,14H,3H2,1-2H3,(H,12,13). The van der Waals surface area contributed by atoms with Crippen molar-refractivity contribution in [1.82, 2.24) is 9.97 Å². The van der Waals surface area contributed by atoms with Crippen molar-refractivity contribution in [2.45, 2.75) is 32.4 Å². The van der Waals surface area contributed by atoms with Crippen molar-refractivity contribution in [3.63, 3.8) is 0 Å². The molecule has 1 aromatic rings. The Labute approximate surface area is 82.2 Å². The lowest BCUT2D eigenvalue weighted by molar-refractivity contribution is 0.153. The van der Waals surface area contributed by atoms with Gasteiger partial charge in [-0.2, -0.15) is 9.37 Å². The zero-order valence-electron chi connectivity index (χ0n) is 8.24. The van der Waals surface area contributed by atoms with E-state index in [2.05, 4.69) is 15.3 Å². The number of hydrogen-bond acceptors (Lipinski definition) is 4. The maximum absolute atomic E-state index is 12.6. The number of rotatable bonds is 4. The van der Waals surface area contributed by atoms with Crippen LogP contribution in [0.3, 0.4) is 0 Å². The normalized spacial score (nSPS) is 14.9. The molecule has 2 N–H and O–H groups in total.